The third-order valence-electron chi connectivity index (χ3n) is 2.56. The fourth-order valence-corrected chi connectivity index (χ4v) is 2.28. The van der Waals surface area contributed by atoms with Crippen molar-refractivity contribution in [2.75, 3.05) is 0 Å². The number of furan rings is 1. The predicted octanol–water partition coefficient (Wildman–Crippen LogP) is 4.06. The Morgan fingerprint density at radius 1 is 1.00 bits per heavy atom. The number of halogens is 1. The third kappa shape index (κ3) is 1.38. The summed E-state index contributed by atoms with van der Waals surface area (Å²) in [4.78, 5) is 0. The van der Waals surface area contributed by atoms with Crippen molar-refractivity contribution in [1.29, 1.82) is 5.26 Å². The molecule has 3 rings (SSSR count). The maximum absolute atomic E-state index is 8.87. The van der Waals surface area contributed by atoms with Gasteiger partial charge < -0.3 is 4.42 Å². The Hall–Kier alpha value is -1.54. The monoisotopic (exact) mass is 319 g/mol. The molecule has 0 spiro atoms. The summed E-state index contributed by atoms with van der Waals surface area (Å²) in [5.41, 5.74) is 2.36. The molecule has 2 aromatic carbocycles. The molecule has 0 fully saturated rings. The third-order valence-corrected chi connectivity index (χ3v) is 3.23. The van der Waals surface area contributed by atoms with E-state index in [9.17, 15) is 0 Å². The molecule has 1 aromatic heterocycles. The molecule has 0 unspecified atom stereocenters. The summed E-state index contributed by atoms with van der Waals surface area (Å²) in [5.74, 6) is 0. The van der Waals surface area contributed by atoms with E-state index in [-0.39, 0.29) is 0 Å². The Morgan fingerprint density at radius 2 is 1.88 bits per heavy atom. The number of nitriles is 1. The fraction of sp³-hybridized carbons (Fsp3) is 0. The van der Waals surface area contributed by atoms with E-state index in [0.29, 0.717) is 5.56 Å². The van der Waals surface area contributed by atoms with Crippen LogP contribution in [0.2, 0.25) is 0 Å². The van der Waals surface area contributed by atoms with E-state index in [4.69, 9.17) is 9.68 Å². The normalized spacial score (nSPS) is 10.8. The Labute approximate surface area is 106 Å². The Morgan fingerprint density at radius 3 is 2.69 bits per heavy atom. The maximum Gasteiger partial charge on any atom is 0.136 e. The SMILES string of the molecule is N#Cc1ccc2oc3cc(I)ccc3c2c1. The molecule has 0 bridgehead atoms. The van der Waals surface area contributed by atoms with Gasteiger partial charge in [-0.1, -0.05) is 0 Å². The van der Waals surface area contributed by atoms with Gasteiger partial charge in [0.15, 0.2) is 0 Å². The second kappa shape index (κ2) is 3.49. The van der Waals surface area contributed by atoms with E-state index in [1.54, 1.807) is 6.07 Å². The van der Waals surface area contributed by atoms with Gasteiger partial charge in [-0.2, -0.15) is 5.26 Å². The van der Waals surface area contributed by atoms with Crippen molar-refractivity contribution < 1.29 is 4.42 Å². The van der Waals surface area contributed by atoms with E-state index in [0.717, 1.165) is 25.5 Å². The molecule has 2 nitrogen and oxygen atoms in total. The van der Waals surface area contributed by atoms with E-state index in [1.807, 2.05) is 30.3 Å². The summed E-state index contributed by atoms with van der Waals surface area (Å²) < 4.78 is 6.86. The number of benzene rings is 2. The van der Waals surface area contributed by atoms with Crippen LogP contribution in [-0.2, 0) is 0 Å². The summed E-state index contributed by atoms with van der Waals surface area (Å²) >= 11 is 2.25. The molecule has 0 N–H and O–H groups in total. The van der Waals surface area contributed by atoms with Crippen molar-refractivity contribution in [3.05, 3.63) is 45.5 Å². The van der Waals surface area contributed by atoms with Crippen LogP contribution in [0.4, 0.5) is 0 Å². The standard InChI is InChI=1S/C13H6INO/c14-9-2-3-10-11-5-8(7-15)1-4-12(11)16-13(10)6-9/h1-6H. The minimum atomic E-state index is 0.661. The highest BCUT2D eigenvalue weighted by molar-refractivity contribution is 14.1. The largest absolute Gasteiger partial charge is 0.456 e. The summed E-state index contributed by atoms with van der Waals surface area (Å²) in [6, 6.07) is 13.7. The number of rotatable bonds is 0. The molecular weight excluding hydrogens is 313 g/mol. The van der Waals surface area contributed by atoms with Gasteiger partial charge in [0.1, 0.15) is 11.2 Å². The molecule has 1 heterocycles. The van der Waals surface area contributed by atoms with Crippen molar-refractivity contribution in [3.63, 3.8) is 0 Å². The van der Waals surface area contributed by atoms with Gasteiger partial charge in [0.25, 0.3) is 0 Å². The molecule has 0 atom stereocenters. The van der Waals surface area contributed by atoms with Crippen LogP contribution < -0.4 is 0 Å². The van der Waals surface area contributed by atoms with Crippen molar-refractivity contribution in [2.45, 2.75) is 0 Å². The van der Waals surface area contributed by atoms with E-state index >= 15 is 0 Å². The lowest BCUT2D eigenvalue weighted by Gasteiger charge is -1.90. The van der Waals surface area contributed by atoms with E-state index in [2.05, 4.69) is 28.7 Å². The van der Waals surface area contributed by atoms with Crippen molar-refractivity contribution in [1.82, 2.24) is 0 Å². The molecule has 16 heavy (non-hydrogen) atoms. The molecule has 0 aliphatic heterocycles. The molecule has 0 amide bonds. The molecular formula is C13H6INO. The Bertz CT molecular complexity index is 737. The number of nitrogens with zero attached hydrogens (tertiary/aromatic N) is 1. The van der Waals surface area contributed by atoms with E-state index in [1.165, 1.54) is 0 Å². The van der Waals surface area contributed by atoms with Gasteiger partial charge in [0, 0.05) is 14.3 Å². The smallest absolute Gasteiger partial charge is 0.136 e. The van der Waals surface area contributed by atoms with Gasteiger partial charge in [-0.15, -0.1) is 0 Å². The molecule has 3 heteroatoms. The lowest BCUT2D eigenvalue weighted by atomic mass is 10.1. The number of fused-ring (bicyclic) bond motifs is 3. The summed E-state index contributed by atoms with van der Waals surface area (Å²) in [6.45, 7) is 0. The molecule has 0 radical (unpaired) electrons. The quantitative estimate of drug-likeness (QED) is 0.586. The van der Waals surface area contributed by atoms with Crippen LogP contribution in [0.5, 0.6) is 0 Å². The highest BCUT2D eigenvalue weighted by atomic mass is 127. The minimum absolute atomic E-state index is 0.661. The zero-order chi connectivity index (χ0) is 11.1. The summed E-state index contributed by atoms with van der Waals surface area (Å²) in [7, 11) is 0. The topological polar surface area (TPSA) is 36.9 Å². The van der Waals surface area contributed by atoms with Crippen molar-refractivity contribution in [2.24, 2.45) is 0 Å². The lowest BCUT2D eigenvalue weighted by molar-refractivity contribution is 0.668. The zero-order valence-electron chi connectivity index (χ0n) is 8.20. The predicted molar refractivity (Wildman–Crippen MR) is 71.2 cm³/mol. The highest BCUT2D eigenvalue weighted by Crippen LogP contribution is 2.30. The first-order valence-corrected chi connectivity index (χ1v) is 5.88. The minimum Gasteiger partial charge on any atom is -0.456 e. The Kier molecular flexibility index (Phi) is 2.11. The zero-order valence-corrected chi connectivity index (χ0v) is 10.4. The molecule has 0 aliphatic rings. The van der Waals surface area contributed by atoms with Crippen LogP contribution in [0.1, 0.15) is 5.56 Å². The van der Waals surface area contributed by atoms with Gasteiger partial charge in [0.2, 0.25) is 0 Å². The van der Waals surface area contributed by atoms with Crippen LogP contribution in [0.15, 0.2) is 40.8 Å². The van der Waals surface area contributed by atoms with Gasteiger partial charge >= 0.3 is 0 Å². The average molecular weight is 319 g/mol. The van der Waals surface area contributed by atoms with Crippen molar-refractivity contribution in [3.8, 4) is 6.07 Å². The average Bonchev–Trinajstić information content (AvgIpc) is 2.65. The molecule has 76 valence electrons. The lowest BCUT2D eigenvalue weighted by Crippen LogP contribution is -1.72. The van der Waals surface area contributed by atoms with Crippen LogP contribution in [-0.4, -0.2) is 0 Å². The van der Waals surface area contributed by atoms with E-state index < -0.39 is 0 Å². The molecule has 0 saturated heterocycles. The first kappa shape index (κ1) is 9.67. The molecule has 0 aliphatic carbocycles. The second-order valence-corrected chi connectivity index (χ2v) is 4.81. The van der Waals surface area contributed by atoms with Crippen LogP contribution in [0.25, 0.3) is 21.9 Å². The summed E-state index contributed by atoms with van der Waals surface area (Å²) in [6.07, 6.45) is 0. The van der Waals surface area contributed by atoms with Gasteiger partial charge in [-0.25, -0.2) is 0 Å². The number of hydrogen-bond acceptors (Lipinski definition) is 2. The second-order valence-electron chi connectivity index (χ2n) is 3.57. The molecule has 3 aromatic rings. The Balaban J connectivity index is 2.48. The summed E-state index contributed by atoms with van der Waals surface area (Å²) in [5, 5.41) is 10.9. The highest BCUT2D eigenvalue weighted by Gasteiger charge is 2.07. The van der Waals surface area contributed by atoms with Gasteiger partial charge in [0.05, 0.1) is 11.6 Å². The van der Waals surface area contributed by atoms with Gasteiger partial charge in [-0.05, 0) is 59.0 Å². The molecule has 0 saturated carbocycles. The first-order valence-electron chi connectivity index (χ1n) is 4.80. The van der Waals surface area contributed by atoms with Crippen LogP contribution >= 0.6 is 22.6 Å². The van der Waals surface area contributed by atoms with Gasteiger partial charge in [-0.3, -0.25) is 0 Å². The van der Waals surface area contributed by atoms with Crippen molar-refractivity contribution >= 4 is 44.5 Å². The number of hydrogen-bond donors (Lipinski definition) is 0. The maximum atomic E-state index is 8.87. The fourth-order valence-electron chi connectivity index (χ4n) is 1.82. The van der Waals surface area contributed by atoms with Crippen LogP contribution in [0.3, 0.4) is 0 Å². The first-order chi connectivity index (χ1) is 7.78. The van der Waals surface area contributed by atoms with Crippen LogP contribution in [0, 0.1) is 14.9 Å².